The molecule has 3 N–H and O–H groups in total. The highest BCUT2D eigenvalue weighted by Gasteiger charge is 2.29. The van der Waals surface area contributed by atoms with Crippen LogP contribution in [0, 0.1) is 5.92 Å². The number of carbonyl (C=O) groups excluding carboxylic acids is 1. The molecular weight excluding hydrogens is 292 g/mol. The van der Waals surface area contributed by atoms with Crippen molar-refractivity contribution >= 4 is 6.09 Å². The molecule has 2 rings (SSSR count). The van der Waals surface area contributed by atoms with Crippen molar-refractivity contribution in [3.63, 3.8) is 0 Å². The molecule has 2 aliphatic rings. The van der Waals surface area contributed by atoms with E-state index in [2.05, 4.69) is 10.6 Å². The minimum atomic E-state index is -0.447. The van der Waals surface area contributed by atoms with E-state index in [1.165, 1.54) is 19.3 Å². The molecule has 2 atom stereocenters. The van der Waals surface area contributed by atoms with Crippen molar-refractivity contribution in [1.82, 2.24) is 10.6 Å². The van der Waals surface area contributed by atoms with Crippen LogP contribution in [0.25, 0.3) is 0 Å². The lowest BCUT2D eigenvalue weighted by Crippen LogP contribution is -2.49. The van der Waals surface area contributed by atoms with Gasteiger partial charge in [0.2, 0.25) is 0 Å². The maximum atomic E-state index is 11.9. The molecule has 0 aliphatic heterocycles. The van der Waals surface area contributed by atoms with E-state index in [1.807, 2.05) is 20.8 Å². The summed E-state index contributed by atoms with van der Waals surface area (Å²) in [5.41, 5.74) is -0.447. The van der Waals surface area contributed by atoms with E-state index in [1.54, 1.807) is 0 Å². The molecular formula is C18H34N2O3. The summed E-state index contributed by atoms with van der Waals surface area (Å²) < 4.78 is 5.33. The number of hydrogen-bond donors (Lipinski definition) is 3. The van der Waals surface area contributed by atoms with Crippen molar-refractivity contribution < 1.29 is 14.6 Å². The van der Waals surface area contributed by atoms with Crippen LogP contribution in [0.1, 0.15) is 72.1 Å². The summed E-state index contributed by atoms with van der Waals surface area (Å²) in [6.45, 7) is 6.33. The molecule has 2 fully saturated rings. The highest BCUT2D eigenvalue weighted by atomic mass is 16.6. The summed E-state index contributed by atoms with van der Waals surface area (Å²) in [7, 11) is 0. The highest BCUT2D eigenvalue weighted by Crippen LogP contribution is 2.27. The van der Waals surface area contributed by atoms with E-state index >= 15 is 0 Å². The van der Waals surface area contributed by atoms with Crippen molar-refractivity contribution in [2.75, 3.05) is 6.54 Å². The minimum absolute atomic E-state index is 0.107. The van der Waals surface area contributed by atoms with Crippen molar-refractivity contribution in [2.24, 2.45) is 5.92 Å². The van der Waals surface area contributed by atoms with Gasteiger partial charge in [-0.1, -0.05) is 12.8 Å². The van der Waals surface area contributed by atoms with E-state index in [0.717, 1.165) is 32.1 Å². The van der Waals surface area contributed by atoms with Crippen LogP contribution in [0.4, 0.5) is 4.79 Å². The van der Waals surface area contributed by atoms with Gasteiger partial charge in [-0.25, -0.2) is 4.79 Å². The lowest BCUT2D eigenvalue weighted by atomic mass is 9.82. The first-order valence-electron chi connectivity index (χ1n) is 9.24. The van der Waals surface area contributed by atoms with Crippen LogP contribution in [0.2, 0.25) is 0 Å². The molecule has 0 saturated heterocycles. The molecule has 0 aromatic carbocycles. The van der Waals surface area contributed by atoms with E-state index in [0.29, 0.717) is 24.5 Å². The SMILES string of the molecule is CC(C)(C)OC(=O)NCC1CCCCC1NC1CCC(O)CC1. The lowest BCUT2D eigenvalue weighted by molar-refractivity contribution is 0.0507. The maximum Gasteiger partial charge on any atom is 0.407 e. The lowest BCUT2D eigenvalue weighted by Gasteiger charge is -2.37. The zero-order chi connectivity index (χ0) is 16.9. The second kappa shape index (κ2) is 8.34. The van der Waals surface area contributed by atoms with Gasteiger partial charge >= 0.3 is 6.09 Å². The van der Waals surface area contributed by atoms with E-state index < -0.39 is 5.60 Å². The van der Waals surface area contributed by atoms with Crippen LogP contribution in [-0.4, -0.2) is 41.5 Å². The van der Waals surface area contributed by atoms with Gasteiger partial charge in [0.05, 0.1) is 6.10 Å². The van der Waals surface area contributed by atoms with Gasteiger partial charge in [-0.2, -0.15) is 0 Å². The predicted molar refractivity (Wildman–Crippen MR) is 91.4 cm³/mol. The van der Waals surface area contributed by atoms with E-state index in [-0.39, 0.29) is 12.2 Å². The molecule has 0 aromatic heterocycles. The normalized spacial score (nSPS) is 32.3. The van der Waals surface area contributed by atoms with Crippen LogP contribution in [0.15, 0.2) is 0 Å². The molecule has 2 unspecified atom stereocenters. The molecule has 2 aliphatic carbocycles. The summed E-state index contributed by atoms with van der Waals surface area (Å²) in [4.78, 5) is 11.9. The predicted octanol–water partition coefficient (Wildman–Crippen LogP) is 2.96. The van der Waals surface area contributed by atoms with Crippen molar-refractivity contribution in [3.8, 4) is 0 Å². The molecule has 0 heterocycles. The molecule has 0 radical (unpaired) electrons. The first-order chi connectivity index (χ1) is 10.8. The minimum Gasteiger partial charge on any atom is -0.444 e. The van der Waals surface area contributed by atoms with Crippen LogP contribution >= 0.6 is 0 Å². The summed E-state index contributed by atoms with van der Waals surface area (Å²) in [5, 5.41) is 16.4. The number of rotatable bonds is 4. The molecule has 1 amide bonds. The van der Waals surface area contributed by atoms with Crippen LogP contribution in [-0.2, 0) is 4.74 Å². The Kier molecular flexibility index (Phi) is 6.72. The summed E-state index contributed by atoms with van der Waals surface area (Å²) in [5.74, 6) is 0.475. The smallest absolute Gasteiger partial charge is 0.407 e. The van der Waals surface area contributed by atoms with E-state index in [9.17, 15) is 9.90 Å². The largest absolute Gasteiger partial charge is 0.444 e. The van der Waals surface area contributed by atoms with Gasteiger partial charge in [0, 0.05) is 18.6 Å². The maximum absolute atomic E-state index is 11.9. The Morgan fingerprint density at radius 2 is 1.74 bits per heavy atom. The number of aliphatic hydroxyl groups excluding tert-OH is 1. The van der Waals surface area contributed by atoms with E-state index in [4.69, 9.17) is 4.74 Å². The zero-order valence-corrected chi connectivity index (χ0v) is 14.9. The van der Waals surface area contributed by atoms with Gasteiger partial charge < -0.3 is 20.5 Å². The Balaban J connectivity index is 1.78. The molecule has 5 nitrogen and oxygen atoms in total. The van der Waals surface area contributed by atoms with Crippen LogP contribution in [0.5, 0.6) is 0 Å². The van der Waals surface area contributed by atoms with Crippen LogP contribution in [0.3, 0.4) is 0 Å². The number of alkyl carbamates (subject to hydrolysis) is 1. The molecule has 0 spiro atoms. The van der Waals surface area contributed by atoms with Gasteiger partial charge in [0.1, 0.15) is 5.60 Å². The van der Waals surface area contributed by atoms with Gasteiger partial charge in [-0.15, -0.1) is 0 Å². The summed E-state index contributed by atoms with van der Waals surface area (Å²) in [6, 6.07) is 0.990. The number of carbonyl (C=O) groups is 1. The second-order valence-electron chi connectivity index (χ2n) is 8.21. The fraction of sp³-hybridized carbons (Fsp3) is 0.944. The monoisotopic (exact) mass is 326 g/mol. The number of amides is 1. The van der Waals surface area contributed by atoms with Crippen molar-refractivity contribution in [1.29, 1.82) is 0 Å². The molecule has 5 heteroatoms. The topological polar surface area (TPSA) is 70.6 Å². The third kappa shape index (κ3) is 6.68. The van der Waals surface area contributed by atoms with Gasteiger partial charge in [0.25, 0.3) is 0 Å². The fourth-order valence-electron chi connectivity index (χ4n) is 3.75. The molecule has 2 saturated carbocycles. The van der Waals surface area contributed by atoms with Crippen molar-refractivity contribution in [3.05, 3.63) is 0 Å². The average molecular weight is 326 g/mol. The van der Waals surface area contributed by atoms with Crippen LogP contribution < -0.4 is 10.6 Å². The third-order valence-corrected chi connectivity index (χ3v) is 4.96. The Morgan fingerprint density at radius 1 is 1.09 bits per heavy atom. The Labute approximate surface area is 140 Å². The van der Waals surface area contributed by atoms with Gasteiger partial charge in [-0.3, -0.25) is 0 Å². The van der Waals surface area contributed by atoms with Gasteiger partial charge in [0.15, 0.2) is 0 Å². The Morgan fingerprint density at radius 3 is 2.39 bits per heavy atom. The Bertz CT molecular complexity index is 373. The summed E-state index contributed by atoms with van der Waals surface area (Å²) in [6.07, 6.45) is 8.34. The Hall–Kier alpha value is -0.810. The fourth-order valence-corrected chi connectivity index (χ4v) is 3.75. The molecule has 134 valence electrons. The zero-order valence-electron chi connectivity index (χ0n) is 14.9. The number of nitrogens with one attached hydrogen (secondary N) is 2. The standard InChI is InChI=1S/C18H34N2O3/c1-18(2,3)23-17(22)19-12-13-6-4-5-7-16(13)20-14-8-10-15(21)11-9-14/h13-16,20-21H,4-12H2,1-3H3,(H,19,22). The molecule has 0 aromatic rings. The molecule has 0 bridgehead atoms. The average Bonchev–Trinajstić information content (AvgIpc) is 2.47. The number of ether oxygens (including phenoxy) is 1. The summed E-state index contributed by atoms with van der Waals surface area (Å²) >= 11 is 0. The quantitative estimate of drug-likeness (QED) is 0.743. The first-order valence-corrected chi connectivity index (χ1v) is 9.24. The number of hydrogen-bond acceptors (Lipinski definition) is 4. The van der Waals surface area contributed by atoms with Crippen molar-refractivity contribution in [2.45, 2.75) is 95.9 Å². The highest BCUT2D eigenvalue weighted by molar-refractivity contribution is 5.67. The third-order valence-electron chi connectivity index (χ3n) is 4.96. The first kappa shape index (κ1) is 18.5. The van der Waals surface area contributed by atoms with Gasteiger partial charge in [-0.05, 0) is 65.2 Å². The second-order valence-corrected chi connectivity index (χ2v) is 8.21. The molecule has 23 heavy (non-hydrogen) atoms. The number of aliphatic hydroxyl groups is 1.